The van der Waals surface area contributed by atoms with Crippen molar-refractivity contribution >= 4 is 5.91 Å². The average Bonchev–Trinajstić information content (AvgIpc) is 2.97. The number of hydrogen-bond acceptors (Lipinski definition) is 4. The summed E-state index contributed by atoms with van der Waals surface area (Å²) in [6.07, 6.45) is 0.246. The molecule has 1 heterocycles. The number of aromatic nitrogens is 1. The summed E-state index contributed by atoms with van der Waals surface area (Å²) in [6, 6.07) is 10.5. The molecule has 1 atom stereocenters. The van der Waals surface area contributed by atoms with Crippen LogP contribution in [0.4, 0.5) is 0 Å². The summed E-state index contributed by atoms with van der Waals surface area (Å²) in [5.41, 5.74) is 3.13. The number of amides is 1. The number of aryl methyl sites for hydroxylation is 2. The van der Waals surface area contributed by atoms with Gasteiger partial charge in [0.2, 0.25) is 5.91 Å². The third-order valence-electron chi connectivity index (χ3n) is 4.23. The number of carbonyl (C=O) groups excluding carboxylic acids is 1. The minimum Gasteiger partial charge on any atom is -0.361 e. The van der Waals surface area contributed by atoms with Crippen molar-refractivity contribution in [1.29, 1.82) is 0 Å². The van der Waals surface area contributed by atoms with E-state index in [-0.39, 0.29) is 18.4 Å². The number of carbonyl (C=O) groups is 1. The summed E-state index contributed by atoms with van der Waals surface area (Å²) >= 11 is 0. The van der Waals surface area contributed by atoms with E-state index in [1.807, 2.05) is 6.92 Å². The zero-order valence-electron chi connectivity index (χ0n) is 15.0. The maximum Gasteiger partial charge on any atom is 0.226 e. The van der Waals surface area contributed by atoms with Crippen molar-refractivity contribution in [2.24, 2.45) is 0 Å². The number of rotatable bonds is 8. The normalized spacial score (nSPS) is 12.4. The molecule has 0 saturated carbocycles. The predicted molar refractivity (Wildman–Crippen MR) is 94.8 cm³/mol. The lowest BCUT2D eigenvalue weighted by Gasteiger charge is -2.30. The molecular formula is C19H27N3O2. The van der Waals surface area contributed by atoms with Gasteiger partial charge in [0.25, 0.3) is 0 Å². The van der Waals surface area contributed by atoms with Gasteiger partial charge in [-0.2, -0.15) is 0 Å². The zero-order chi connectivity index (χ0) is 17.5. The van der Waals surface area contributed by atoms with Crippen LogP contribution in [0.25, 0.3) is 0 Å². The lowest BCUT2D eigenvalue weighted by molar-refractivity contribution is -0.120. The third-order valence-corrected chi connectivity index (χ3v) is 4.23. The maximum absolute atomic E-state index is 12.2. The van der Waals surface area contributed by atoms with E-state index >= 15 is 0 Å². The molecule has 5 heteroatoms. The molecule has 0 aliphatic carbocycles. The van der Waals surface area contributed by atoms with Crippen molar-refractivity contribution in [3.63, 3.8) is 0 Å². The van der Waals surface area contributed by atoms with Crippen LogP contribution in [-0.2, 0) is 11.2 Å². The Morgan fingerprint density at radius 2 is 1.88 bits per heavy atom. The lowest BCUT2D eigenvalue weighted by Crippen LogP contribution is -2.38. The molecule has 5 nitrogen and oxygen atoms in total. The minimum absolute atomic E-state index is 0.0347. The van der Waals surface area contributed by atoms with E-state index in [0.29, 0.717) is 12.2 Å². The van der Waals surface area contributed by atoms with Gasteiger partial charge in [0.05, 0.1) is 18.2 Å². The molecular weight excluding hydrogens is 302 g/mol. The van der Waals surface area contributed by atoms with Gasteiger partial charge in [0, 0.05) is 12.6 Å². The molecule has 0 radical (unpaired) electrons. The highest BCUT2D eigenvalue weighted by atomic mass is 16.5. The summed E-state index contributed by atoms with van der Waals surface area (Å²) in [5, 5.41) is 6.91. The van der Waals surface area contributed by atoms with Crippen molar-refractivity contribution in [2.45, 2.75) is 40.2 Å². The number of nitrogens with one attached hydrogen (secondary N) is 1. The van der Waals surface area contributed by atoms with Crippen molar-refractivity contribution in [3.8, 4) is 0 Å². The molecule has 0 aliphatic heterocycles. The standard InChI is InChI=1S/C19H27N3O2/c1-5-22(6-2)18(16-9-7-14(3)8-10-16)13-20-19(23)12-17-11-15(4)24-21-17/h7-11,18H,5-6,12-13H2,1-4H3,(H,20,23). The Hall–Kier alpha value is -2.14. The van der Waals surface area contributed by atoms with Gasteiger partial charge in [-0.05, 0) is 32.5 Å². The number of benzene rings is 1. The second-order valence-corrected chi connectivity index (χ2v) is 6.06. The van der Waals surface area contributed by atoms with Crippen LogP contribution in [0.15, 0.2) is 34.9 Å². The minimum atomic E-state index is -0.0347. The van der Waals surface area contributed by atoms with Crippen molar-refractivity contribution in [3.05, 3.63) is 52.9 Å². The Kier molecular flexibility index (Phi) is 6.55. The third kappa shape index (κ3) is 4.93. The first-order valence-electron chi connectivity index (χ1n) is 8.53. The molecule has 0 saturated heterocycles. The lowest BCUT2D eigenvalue weighted by atomic mass is 10.0. The quantitative estimate of drug-likeness (QED) is 0.809. The van der Waals surface area contributed by atoms with E-state index in [0.717, 1.165) is 18.8 Å². The Balaban J connectivity index is 2.02. The maximum atomic E-state index is 12.2. The van der Waals surface area contributed by atoms with E-state index in [2.05, 4.69) is 60.4 Å². The highest BCUT2D eigenvalue weighted by Gasteiger charge is 2.19. The molecule has 1 aromatic heterocycles. The molecule has 0 aliphatic rings. The van der Waals surface area contributed by atoms with Crippen molar-refractivity contribution in [2.75, 3.05) is 19.6 Å². The van der Waals surface area contributed by atoms with Gasteiger partial charge in [0.1, 0.15) is 5.76 Å². The summed E-state index contributed by atoms with van der Waals surface area (Å²) in [7, 11) is 0. The molecule has 1 aromatic carbocycles. The molecule has 1 unspecified atom stereocenters. The van der Waals surface area contributed by atoms with Gasteiger partial charge in [-0.1, -0.05) is 48.8 Å². The van der Waals surface area contributed by atoms with Crippen LogP contribution >= 0.6 is 0 Å². The highest BCUT2D eigenvalue weighted by Crippen LogP contribution is 2.20. The first kappa shape index (κ1) is 18.2. The first-order valence-corrected chi connectivity index (χ1v) is 8.53. The molecule has 24 heavy (non-hydrogen) atoms. The fourth-order valence-corrected chi connectivity index (χ4v) is 2.85. The van der Waals surface area contributed by atoms with E-state index in [1.54, 1.807) is 6.07 Å². The van der Waals surface area contributed by atoms with E-state index in [9.17, 15) is 4.79 Å². The second-order valence-electron chi connectivity index (χ2n) is 6.06. The molecule has 0 bridgehead atoms. The van der Waals surface area contributed by atoms with Gasteiger partial charge in [-0.25, -0.2) is 0 Å². The van der Waals surface area contributed by atoms with Gasteiger partial charge >= 0.3 is 0 Å². The van der Waals surface area contributed by atoms with Crippen LogP contribution in [0.1, 0.15) is 42.5 Å². The highest BCUT2D eigenvalue weighted by molar-refractivity contribution is 5.78. The van der Waals surface area contributed by atoms with E-state index in [1.165, 1.54) is 11.1 Å². The summed E-state index contributed by atoms with van der Waals surface area (Å²) < 4.78 is 5.01. The van der Waals surface area contributed by atoms with Crippen molar-refractivity contribution in [1.82, 2.24) is 15.4 Å². The van der Waals surface area contributed by atoms with Crippen LogP contribution < -0.4 is 5.32 Å². The topological polar surface area (TPSA) is 58.4 Å². The van der Waals surface area contributed by atoms with Crippen LogP contribution in [0, 0.1) is 13.8 Å². The van der Waals surface area contributed by atoms with Crippen LogP contribution in [0.5, 0.6) is 0 Å². The Bertz CT molecular complexity index is 645. The molecule has 130 valence electrons. The van der Waals surface area contributed by atoms with E-state index < -0.39 is 0 Å². The van der Waals surface area contributed by atoms with E-state index in [4.69, 9.17) is 4.52 Å². The Morgan fingerprint density at radius 3 is 2.42 bits per heavy atom. The molecule has 1 amide bonds. The number of likely N-dealkylation sites (N-methyl/N-ethyl adjacent to an activating group) is 1. The SMILES string of the molecule is CCN(CC)C(CNC(=O)Cc1cc(C)on1)c1ccc(C)cc1. The van der Waals surface area contributed by atoms with Gasteiger partial charge in [0.15, 0.2) is 0 Å². The molecule has 0 spiro atoms. The smallest absolute Gasteiger partial charge is 0.226 e. The largest absolute Gasteiger partial charge is 0.361 e. The number of nitrogens with zero attached hydrogens (tertiary/aromatic N) is 2. The molecule has 2 aromatic rings. The fourth-order valence-electron chi connectivity index (χ4n) is 2.85. The summed E-state index contributed by atoms with van der Waals surface area (Å²) in [4.78, 5) is 14.6. The van der Waals surface area contributed by atoms with Crippen LogP contribution in [0.2, 0.25) is 0 Å². The van der Waals surface area contributed by atoms with Gasteiger partial charge in [-0.3, -0.25) is 9.69 Å². The summed E-state index contributed by atoms with van der Waals surface area (Å²) in [6.45, 7) is 10.6. The molecule has 0 fully saturated rings. The Morgan fingerprint density at radius 1 is 1.21 bits per heavy atom. The average molecular weight is 329 g/mol. The predicted octanol–water partition coefficient (Wildman–Crippen LogP) is 3.03. The monoisotopic (exact) mass is 329 g/mol. The fraction of sp³-hybridized carbons (Fsp3) is 0.474. The number of hydrogen-bond donors (Lipinski definition) is 1. The Labute approximate surface area is 144 Å². The zero-order valence-corrected chi connectivity index (χ0v) is 15.0. The van der Waals surface area contributed by atoms with Crippen molar-refractivity contribution < 1.29 is 9.32 Å². The van der Waals surface area contributed by atoms with Crippen LogP contribution in [-0.4, -0.2) is 35.6 Å². The molecule has 1 N–H and O–H groups in total. The van der Waals surface area contributed by atoms with Crippen LogP contribution in [0.3, 0.4) is 0 Å². The van der Waals surface area contributed by atoms with Gasteiger partial charge in [-0.15, -0.1) is 0 Å². The molecule has 2 rings (SSSR count). The second kappa shape index (κ2) is 8.64. The van der Waals surface area contributed by atoms with Gasteiger partial charge < -0.3 is 9.84 Å². The summed E-state index contributed by atoms with van der Waals surface area (Å²) in [5.74, 6) is 0.686. The first-order chi connectivity index (χ1) is 11.5.